The molecule has 2 aromatic rings. The molecule has 2 rings (SSSR count). The van der Waals surface area contributed by atoms with Crippen molar-refractivity contribution in [1.29, 1.82) is 0 Å². The summed E-state index contributed by atoms with van der Waals surface area (Å²) in [7, 11) is 0. The van der Waals surface area contributed by atoms with E-state index in [2.05, 4.69) is 10.4 Å². The summed E-state index contributed by atoms with van der Waals surface area (Å²) in [5.41, 5.74) is 1.90. The minimum atomic E-state index is -0.161. The highest BCUT2D eigenvalue weighted by molar-refractivity contribution is 6.31. The minimum absolute atomic E-state index is 0.161. The molecule has 0 radical (unpaired) electrons. The van der Waals surface area contributed by atoms with Gasteiger partial charge in [0.05, 0.1) is 12.7 Å². The Balaban J connectivity index is 2.15. The van der Waals surface area contributed by atoms with Crippen LogP contribution in [-0.4, -0.2) is 15.7 Å². The van der Waals surface area contributed by atoms with Gasteiger partial charge < -0.3 is 5.32 Å². The molecule has 0 aliphatic heterocycles. The summed E-state index contributed by atoms with van der Waals surface area (Å²) in [6, 6.07) is 9.33. The Morgan fingerprint density at radius 3 is 2.80 bits per heavy atom. The molecule has 0 atom stereocenters. The van der Waals surface area contributed by atoms with E-state index < -0.39 is 0 Å². The van der Waals surface area contributed by atoms with E-state index in [0.29, 0.717) is 17.4 Å². The van der Waals surface area contributed by atoms with E-state index in [9.17, 15) is 4.79 Å². The Labute approximate surface area is 123 Å². The lowest BCUT2D eigenvalue weighted by Crippen LogP contribution is -2.14. The topological polar surface area (TPSA) is 46.9 Å². The SMILES string of the molecule is CC(C)=CC(=O)Nc1ccnn1Cc1ccccc1Cl. The molecule has 0 saturated heterocycles. The first-order chi connectivity index (χ1) is 9.56. The summed E-state index contributed by atoms with van der Waals surface area (Å²) in [6.45, 7) is 4.26. The van der Waals surface area contributed by atoms with Gasteiger partial charge in [-0.25, -0.2) is 4.68 Å². The Morgan fingerprint density at radius 2 is 2.10 bits per heavy atom. The average Bonchev–Trinajstić information content (AvgIpc) is 2.78. The van der Waals surface area contributed by atoms with Crippen LogP contribution in [0.25, 0.3) is 0 Å². The standard InChI is InChI=1S/C15H16ClN3O/c1-11(2)9-15(20)18-14-7-8-17-19(14)10-12-5-3-4-6-13(12)16/h3-9H,10H2,1-2H3,(H,18,20). The van der Waals surface area contributed by atoms with Gasteiger partial charge in [0.15, 0.2) is 0 Å². The molecule has 0 fully saturated rings. The lowest BCUT2D eigenvalue weighted by atomic mass is 10.2. The lowest BCUT2D eigenvalue weighted by Gasteiger charge is -2.09. The van der Waals surface area contributed by atoms with Gasteiger partial charge in [0.1, 0.15) is 5.82 Å². The molecular formula is C15H16ClN3O. The van der Waals surface area contributed by atoms with Gasteiger partial charge in [-0.15, -0.1) is 0 Å². The molecule has 0 spiro atoms. The molecule has 0 saturated carbocycles. The third-order valence-corrected chi connectivity index (χ3v) is 3.03. The highest BCUT2D eigenvalue weighted by Crippen LogP contribution is 2.18. The fraction of sp³-hybridized carbons (Fsp3) is 0.200. The van der Waals surface area contributed by atoms with Crippen molar-refractivity contribution in [3.05, 3.63) is 58.8 Å². The number of allylic oxidation sites excluding steroid dienone is 1. The number of halogens is 1. The number of nitrogens with one attached hydrogen (secondary N) is 1. The van der Waals surface area contributed by atoms with Crippen LogP contribution >= 0.6 is 11.6 Å². The third-order valence-electron chi connectivity index (χ3n) is 2.67. The van der Waals surface area contributed by atoms with Crippen molar-refractivity contribution in [2.45, 2.75) is 20.4 Å². The van der Waals surface area contributed by atoms with E-state index in [1.165, 1.54) is 0 Å². The number of aromatic nitrogens is 2. The van der Waals surface area contributed by atoms with Gasteiger partial charge in [-0.2, -0.15) is 5.10 Å². The zero-order valence-corrected chi connectivity index (χ0v) is 12.2. The number of hydrogen-bond acceptors (Lipinski definition) is 2. The normalized spacial score (nSPS) is 10.2. The number of carbonyl (C=O) groups excluding carboxylic acids is 1. The molecule has 0 unspecified atom stereocenters. The van der Waals surface area contributed by atoms with Crippen LogP contribution in [-0.2, 0) is 11.3 Å². The molecule has 0 aliphatic carbocycles. The number of benzene rings is 1. The molecule has 1 N–H and O–H groups in total. The molecule has 1 aromatic heterocycles. The van der Waals surface area contributed by atoms with Crippen molar-refractivity contribution in [3.8, 4) is 0 Å². The van der Waals surface area contributed by atoms with Crippen LogP contribution in [0.4, 0.5) is 5.82 Å². The first-order valence-corrected chi connectivity index (χ1v) is 6.65. The van der Waals surface area contributed by atoms with Gasteiger partial charge in [-0.1, -0.05) is 35.4 Å². The molecular weight excluding hydrogens is 274 g/mol. The fourth-order valence-corrected chi connectivity index (χ4v) is 1.97. The summed E-state index contributed by atoms with van der Waals surface area (Å²) < 4.78 is 1.71. The predicted molar refractivity (Wildman–Crippen MR) is 80.8 cm³/mol. The Kier molecular flexibility index (Phi) is 4.58. The van der Waals surface area contributed by atoms with Gasteiger partial charge in [0.2, 0.25) is 5.91 Å². The van der Waals surface area contributed by atoms with Gasteiger partial charge in [0.25, 0.3) is 0 Å². The maximum Gasteiger partial charge on any atom is 0.249 e. The van der Waals surface area contributed by atoms with E-state index in [4.69, 9.17) is 11.6 Å². The molecule has 0 bridgehead atoms. The van der Waals surface area contributed by atoms with Crippen LogP contribution in [0.2, 0.25) is 5.02 Å². The summed E-state index contributed by atoms with van der Waals surface area (Å²) >= 11 is 6.13. The summed E-state index contributed by atoms with van der Waals surface area (Å²) in [6.07, 6.45) is 3.20. The molecule has 4 nitrogen and oxygen atoms in total. The monoisotopic (exact) mass is 289 g/mol. The molecule has 5 heteroatoms. The second-order valence-electron chi connectivity index (χ2n) is 4.68. The maximum atomic E-state index is 11.7. The number of hydrogen-bond donors (Lipinski definition) is 1. The highest BCUT2D eigenvalue weighted by Gasteiger charge is 2.07. The number of amides is 1. The first-order valence-electron chi connectivity index (χ1n) is 6.27. The number of rotatable bonds is 4. The summed E-state index contributed by atoms with van der Waals surface area (Å²) in [4.78, 5) is 11.7. The predicted octanol–water partition coefficient (Wildman–Crippen LogP) is 3.49. The van der Waals surface area contributed by atoms with Gasteiger partial charge in [-0.05, 0) is 25.5 Å². The smallest absolute Gasteiger partial charge is 0.249 e. The van der Waals surface area contributed by atoms with Crippen molar-refractivity contribution in [3.63, 3.8) is 0 Å². The van der Waals surface area contributed by atoms with Gasteiger partial charge >= 0.3 is 0 Å². The van der Waals surface area contributed by atoms with E-state index >= 15 is 0 Å². The minimum Gasteiger partial charge on any atom is -0.307 e. The number of anilines is 1. The van der Waals surface area contributed by atoms with Crippen LogP contribution in [0.15, 0.2) is 48.2 Å². The van der Waals surface area contributed by atoms with Crippen LogP contribution in [0, 0.1) is 0 Å². The third kappa shape index (κ3) is 3.71. The Bertz CT molecular complexity index is 642. The first kappa shape index (κ1) is 14.3. The Morgan fingerprint density at radius 1 is 1.35 bits per heavy atom. The highest BCUT2D eigenvalue weighted by atomic mass is 35.5. The van der Waals surface area contributed by atoms with E-state index in [1.807, 2.05) is 38.1 Å². The van der Waals surface area contributed by atoms with Crippen LogP contribution in [0.1, 0.15) is 19.4 Å². The van der Waals surface area contributed by atoms with E-state index in [0.717, 1.165) is 11.1 Å². The molecule has 104 valence electrons. The number of carbonyl (C=O) groups is 1. The molecule has 1 amide bonds. The zero-order chi connectivity index (χ0) is 14.5. The van der Waals surface area contributed by atoms with Crippen LogP contribution in [0.5, 0.6) is 0 Å². The second-order valence-corrected chi connectivity index (χ2v) is 5.08. The van der Waals surface area contributed by atoms with Crippen molar-refractivity contribution in [2.75, 3.05) is 5.32 Å². The van der Waals surface area contributed by atoms with Gasteiger partial charge in [0, 0.05) is 17.2 Å². The van der Waals surface area contributed by atoms with Crippen molar-refractivity contribution in [1.82, 2.24) is 9.78 Å². The average molecular weight is 290 g/mol. The summed E-state index contributed by atoms with van der Waals surface area (Å²) in [5.74, 6) is 0.485. The van der Waals surface area contributed by atoms with Crippen LogP contribution in [0.3, 0.4) is 0 Å². The van der Waals surface area contributed by atoms with Crippen molar-refractivity contribution >= 4 is 23.3 Å². The number of nitrogens with zero attached hydrogens (tertiary/aromatic N) is 2. The molecule has 1 heterocycles. The maximum absolute atomic E-state index is 11.7. The second kappa shape index (κ2) is 6.39. The van der Waals surface area contributed by atoms with E-state index in [1.54, 1.807) is 23.0 Å². The molecule has 20 heavy (non-hydrogen) atoms. The van der Waals surface area contributed by atoms with Crippen molar-refractivity contribution < 1.29 is 4.79 Å². The summed E-state index contributed by atoms with van der Waals surface area (Å²) in [5, 5.41) is 7.70. The quantitative estimate of drug-likeness (QED) is 0.876. The van der Waals surface area contributed by atoms with Crippen molar-refractivity contribution in [2.24, 2.45) is 0 Å². The fourth-order valence-electron chi connectivity index (χ4n) is 1.78. The van der Waals surface area contributed by atoms with E-state index in [-0.39, 0.29) is 5.91 Å². The molecule has 1 aromatic carbocycles. The zero-order valence-electron chi connectivity index (χ0n) is 11.4. The van der Waals surface area contributed by atoms with Crippen LogP contribution < -0.4 is 5.32 Å². The molecule has 0 aliphatic rings. The largest absolute Gasteiger partial charge is 0.307 e. The van der Waals surface area contributed by atoms with Gasteiger partial charge in [-0.3, -0.25) is 4.79 Å². The Hall–Kier alpha value is -2.07. The lowest BCUT2D eigenvalue weighted by molar-refractivity contribution is -0.112.